The zero-order valence-electron chi connectivity index (χ0n) is 13.0. The molecular weight excluding hydrogens is 311 g/mol. The minimum atomic E-state index is -0.754. The van der Waals surface area contributed by atoms with E-state index in [0.717, 1.165) is 6.08 Å². The number of allylic oxidation sites excluding steroid dienone is 2. The van der Waals surface area contributed by atoms with Crippen LogP contribution in [-0.2, 0) is 0 Å². The number of hydrogen-bond donors (Lipinski definition) is 1. The van der Waals surface area contributed by atoms with E-state index >= 15 is 0 Å². The standard InChI is InChI=1S/C17H15FN4O2.H2/c1-11(18)7-16(19-3)22-17(23)15-9-14(8-12(2)21-15)24-13-5-4-6-20-10-13;/h4-10H,1,3H2,2H3,(H,22,23);1H/b16-7+;. The Balaban J connectivity index is 0.00000312. The van der Waals surface area contributed by atoms with Gasteiger partial charge in [0.1, 0.15) is 28.8 Å². The molecule has 1 amide bonds. The summed E-state index contributed by atoms with van der Waals surface area (Å²) in [6.07, 6.45) is 4.12. The van der Waals surface area contributed by atoms with Crippen LogP contribution in [0, 0.1) is 6.92 Å². The van der Waals surface area contributed by atoms with E-state index < -0.39 is 11.7 Å². The smallest absolute Gasteiger partial charge is 0.275 e. The molecule has 1 N–H and O–H groups in total. The van der Waals surface area contributed by atoms with Gasteiger partial charge in [-0.25, -0.2) is 14.4 Å². The zero-order valence-corrected chi connectivity index (χ0v) is 13.0. The minimum Gasteiger partial charge on any atom is -0.456 e. The Morgan fingerprint density at radius 2 is 2.25 bits per heavy atom. The molecule has 0 aromatic carbocycles. The summed E-state index contributed by atoms with van der Waals surface area (Å²) < 4.78 is 18.4. The molecule has 0 bridgehead atoms. The number of nitrogens with zero attached hydrogens (tertiary/aromatic N) is 3. The van der Waals surface area contributed by atoms with Crippen LogP contribution in [0.25, 0.3) is 0 Å². The number of halogens is 1. The van der Waals surface area contributed by atoms with E-state index in [1.807, 2.05) is 0 Å². The molecule has 0 aliphatic heterocycles. The van der Waals surface area contributed by atoms with Gasteiger partial charge >= 0.3 is 0 Å². The molecule has 0 saturated carbocycles. The number of carbonyl (C=O) groups is 1. The fourth-order valence-corrected chi connectivity index (χ4v) is 1.81. The second-order valence-corrected chi connectivity index (χ2v) is 4.71. The summed E-state index contributed by atoms with van der Waals surface area (Å²) in [5.74, 6) is -0.445. The molecule has 0 atom stereocenters. The molecule has 6 nitrogen and oxygen atoms in total. The molecule has 0 aliphatic rings. The second kappa shape index (κ2) is 7.77. The average Bonchev–Trinajstić information content (AvgIpc) is 2.54. The number of amides is 1. The number of aromatic nitrogens is 2. The van der Waals surface area contributed by atoms with E-state index in [4.69, 9.17) is 4.74 Å². The SMILES string of the molecule is C=N/C(=C\C(=C)F)NC(=O)c1cc(Oc2cccnc2)cc(C)n1.[HH]. The van der Waals surface area contributed by atoms with Gasteiger partial charge in [0, 0.05) is 31.5 Å². The topological polar surface area (TPSA) is 76.5 Å². The molecule has 0 radical (unpaired) electrons. The summed E-state index contributed by atoms with van der Waals surface area (Å²) in [5, 5.41) is 2.39. The number of carbonyl (C=O) groups excluding carboxylic acids is 1. The predicted octanol–water partition coefficient (Wildman–Crippen LogP) is 3.58. The Labute approximate surface area is 139 Å². The highest BCUT2D eigenvalue weighted by Gasteiger charge is 2.12. The molecule has 2 heterocycles. The van der Waals surface area contributed by atoms with E-state index in [1.54, 1.807) is 37.5 Å². The highest BCUT2D eigenvalue weighted by molar-refractivity contribution is 5.94. The molecule has 0 unspecified atom stereocenters. The van der Waals surface area contributed by atoms with Crippen molar-refractivity contribution in [3.8, 4) is 11.5 Å². The van der Waals surface area contributed by atoms with Crippen LogP contribution in [0.15, 0.2) is 66.0 Å². The van der Waals surface area contributed by atoms with Gasteiger partial charge in [0.25, 0.3) is 5.91 Å². The molecule has 0 aliphatic carbocycles. The lowest BCUT2D eigenvalue weighted by molar-refractivity contribution is 0.0960. The fourth-order valence-electron chi connectivity index (χ4n) is 1.81. The highest BCUT2D eigenvalue weighted by atomic mass is 19.1. The number of nitrogens with one attached hydrogen (secondary N) is 1. The van der Waals surface area contributed by atoms with E-state index in [1.165, 1.54) is 6.07 Å². The second-order valence-electron chi connectivity index (χ2n) is 4.71. The van der Waals surface area contributed by atoms with Crippen molar-refractivity contribution in [3.05, 3.63) is 72.3 Å². The van der Waals surface area contributed by atoms with Gasteiger partial charge in [0.2, 0.25) is 0 Å². The van der Waals surface area contributed by atoms with Crippen LogP contribution in [0.3, 0.4) is 0 Å². The third kappa shape index (κ3) is 4.84. The van der Waals surface area contributed by atoms with Crippen LogP contribution < -0.4 is 10.1 Å². The first kappa shape index (κ1) is 17.0. The fraction of sp³-hybridized carbons (Fsp3) is 0.0588. The average molecular weight is 328 g/mol. The molecule has 7 heteroatoms. The van der Waals surface area contributed by atoms with Gasteiger partial charge in [0.05, 0.1) is 6.20 Å². The maximum Gasteiger partial charge on any atom is 0.275 e. The largest absolute Gasteiger partial charge is 0.456 e. The Bertz CT molecular complexity index is 810. The molecule has 0 saturated heterocycles. The Kier molecular flexibility index (Phi) is 5.51. The van der Waals surface area contributed by atoms with Crippen molar-refractivity contribution in [1.82, 2.24) is 15.3 Å². The molecule has 2 rings (SSSR count). The monoisotopic (exact) mass is 328 g/mol. The Hall–Kier alpha value is -3.35. The van der Waals surface area contributed by atoms with Crippen molar-refractivity contribution in [2.45, 2.75) is 6.92 Å². The summed E-state index contributed by atoms with van der Waals surface area (Å²) in [6, 6.07) is 6.60. The van der Waals surface area contributed by atoms with Gasteiger partial charge in [-0.15, -0.1) is 0 Å². The van der Waals surface area contributed by atoms with Crippen LogP contribution in [0.2, 0.25) is 0 Å². The normalized spacial score (nSPS) is 10.8. The van der Waals surface area contributed by atoms with Crippen molar-refractivity contribution < 1.29 is 15.3 Å². The van der Waals surface area contributed by atoms with Crippen molar-refractivity contribution in [2.24, 2.45) is 4.99 Å². The van der Waals surface area contributed by atoms with Crippen molar-refractivity contribution in [1.29, 1.82) is 0 Å². The van der Waals surface area contributed by atoms with Crippen molar-refractivity contribution >= 4 is 12.6 Å². The predicted molar refractivity (Wildman–Crippen MR) is 90.7 cm³/mol. The van der Waals surface area contributed by atoms with Crippen LogP contribution in [0.4, 0.5) is 4.39 Å². The van der Waals surface area contributed by atoms with Crippen LogP contribution >= 0.6 is 0 Å². The van der Waals surface area contributed by atoms with Crippen molar-refractivity contribution in [2.75, 3.05) is 0 Å². The number of ether oxygens (including phenoxy) is 1. The van der Waals surface area contributed by atoms with Crippen molar-refractivity contribution in [3.63, 3.8) is 0 Å². The lowest BCUT2D eigenvalue weighted by atomic mass is 10.2. The number of aliphatic imine (C=N–C) groups is 1. The lowest BCUT2D eigenvalue weighted by Crippen LogP contribution is -2.23. The van der Waals surface area contributed by atoms with Crippen LogP contribution in [-0.4, -0.2) is 22.6 Å². The van der Waals surface area contributed by atoms with Crippen LogP contribution in [0.5, 0.6) is 11.5 Å². The quantitative estimate of drug-likeness (QED) is 0.649. The maximum atomic E-state index is 12.8. The number of hydrogen-bond acceptors (Lipinski definition) is 5. The van der Waals surface area contributed by atoms with E-state index in [-0.39, 0.29) is 12.9 Å². The summed E-state index contributed by atoms with van der Waals surface area (Å²) in [5.41, 5.74) is 0.668. The first-order valence-corrected chi connectivity index (χ1v) is 6.88. The third-order valence-corrected chi connectivity index (χ3v) is 2.73. The molecule has 2 aromatic rings. The molecule has 0 fully saturated rings. The van der Waals surface area contributed by atoms with Gasteiger partial charge in [-0.3, -0.25) is 9.78 Å². The van der Waals surface area contributed by atoms with E-state index in [9.17, 15) is 9.18 Å². The van der Waals surface area contributed by atoms with Crippen LogP contribution in [0.1, 0.15) is 17.6 Å². The van der Waals surface area contributed by atoms with Gasteiger partial charge in [-0.05, 0) is 25.8 Å². The van der Waals surface area contributed by atoms with Gasteiger partial charge in [-0.1, -0.05) is 6.58 Å². The van der Waals surface area contributed by atoms with Gasteiger partial charge in [-0.2, -0.15) is 0 Å². The first-order valence-electron chi connectivity index (χ1n) is 6.88. The summed E-state index contributed by atoms with van der Waals surface area (Å²) >= 11 is 0. The Morgan fingerprint density at radius 3 is 2.88 bits per heavy atom. The summed E-state index contributed by atoms with van der Waals surface area (Å²) in [4.78, 5) is 23.8. The van der Waals surface area contributed by atoms with Gasteiger partial charge < -0.3 is 10.1 Å². The Morgan fingerprint density at radius 1 is 1.46 bits per heavy atom. The molecule has 124 valence electrons. The third-order valence-electron chi connectivity index (χ3n) is 2.73. The molecular formula is C17H17FN4O2. The number of rotatable bonds is 6. The minimum absolute atomic E-state index is 0. The van der Waals surface area contributed by atoms with Gasteiger partial charge in [0.15, 0.2) is 0 Å². The molecule has 0 spiro atoms. The summed E-state index contributed by atoms with van der Waals surface area (Å²) in [7, 11) is 0. The first-order chi connectivity index (χ1) is 11.5. The number of pyridine rings is 2. The highest BCUT2D eigenvalue weighted by Crippen LogP contribution is 2.21. The van der Waals surface area contributed by atoms with E-state index in [2.05, 4.69) is 33.6 Å². The summed E-state index contributed by atoms with van der Waals surface area (Å²) in [6.45, 7) is 8.05. The van der Waals surface area contributed by atoms with E-state index in [0.29, 0.717) is 17.2 Å². The zero-order chi connectivity index (χ0) is 17.5. The lowest BCUT2D eigenvalue weighted by Gasteiger charge is -2.09. The molecule has 24 heavy (non-hydrogen) atoms. The maximum absolute atomic E-state index is 12.8. The number of aryl methyl sites for hydroxylation is 1. The molecule has 2 aromatic heterocycles.